The van der Waals surface area contributed by atoms with Gasteiger partial charge < -0.3 is 23.7 Å². The molecular formula is C51H86O6S. The lowest BCUT2D eigenvalue weighted by Gasteiger charge is -2.32. The number of hydrogen-bond acceptors (Lipinski definition) is 7. The van der Waals surface area contributed by atoms with Crippen LogP contribution in [0.2, 0.25) is 0 Å². The highest BCUT2D eigenvalue weighted by molar-refractivity contribution is 8.01. The van der Waals surface area contributed by atoms with Gasteiger partial charge in [0.25, 0.3) is 0 Å². The number of carbonyl (C=O) groups is 1. The third-order valence-corrected chi connectivity index (χ3v) is 13.5. The molecule has 6 nitrogen and oxygen atoms in total. The molecule has 332 valence electrons. The zero-order valence-electron chi connectivity index (χ0n) is 37.6. The van der Waals surface area contributed by atoms with E-state index in [1.165, 1.54) is 141 Å². The topological polar surface area (TPSA) is 63.2 Å². The van der Waals surface area contributed by atoms with Gasteiger partial charge in [-0.15, -0.1) is 23.6 Å². The summed E-state index contributed by atoms with van der Waals surface area (Å²) in [7, 11) is 1.72. The minimum Gasteiger partial charge on any atom is -0.462 e. The van der Waals surface area contributed by atoms with Crippen molar-refractivity contribution in [3.63, 3.8) is 0 Å². The highest BCUT2D eigenvalue weighted by atomic mass is 32.2. The van der Waals surface area contributed by atoms with Gasteiger partial charge in [-0.1, -0.05) is 160 Å². The molecule has 0 saturated carbocycles. The zero-order chi connectivity index (χ0) is 41.2. The summed E-state index contributed by atoms with van der Waals surface area (Å²) in [6.45, 7) is 5.44. The highest BCUT2D eigenvalue weighted by Gasteiger charge is 2.48. The molecule has 2 aliphatic heterocycles. The molecule has 1 unspecified atom stereocenters. The van der Waals surface area contributed by atoms with Gasteiger partial charge in [0.1, 0.15) is 17.6 Å². The summed E-state index contributed by atoms with van der Waals surface area (Å²) in [4.78, 5) is 14.0. The van der Waals surface area contributed by atoms with E-state index in [0.29, 0.717) is 6.79 Å². The average molecular weight is 827 g/mol. The molecule has 0 spiro atoms. The molecule has 0 amide bonds. The number of thioether (sulfide) groups is 1. The quantitative estimate of drug-likeness (QED) is 0.0289. The Labute approximate surface area is 361 Å². The van der Waals surface area contributed by atoms with E-state index in [9.17, 15) is 4.79 Å². The smallest absolute Gasteiger partial charge is 0.322 e. The SMILES string of the molecule is CCCCCCCCCCCCCC[C@@H](OCOC)[C@@H](CCCCCCCC#CCCCCCCCC[C@@]1(Sc2ccccc2)C[C@H](C)OC1=O)OC1CCCCO1. The zero-order valence-corrected chi connectivity index (χ0v) is 38.4. The van der Waals surface area contributed by atoms with Crippen molar-refractivity contribution in [1.82, 2.24) is 0 Å². The molecule has 1 aromatic rings. The van der Waals surface area contributed by atoms with E-state index in [2.05, 4.69) is 30.9 Å². The molecule has 2 fully saturated rings. The van der Waals surface area contributed by atoms with Crippen LogP contribution < -0.4 is 0 Å². The van der Waals surface area contributed by atoms with Gasteiger partial charge in [0.2, 0.25) is 0 Å². The van der Waals surface area contributed by atoms with Crippen LogP contribution in [0, 0.1) is 11.8 Å². The predicted octanol–water partition coefficient (Wildman–Crippen LogP) is 14.7. The molecular weight excluding hydrogens is 741 g/mol. The van der Waals surface area contributed by atoms with Gasteiger partial charge in [-0.3, -0.25) is 4.79 Å². The average Bonchev–Trinajstić information content (AvgIpc) is 3.51. The maximum Gasteiger partial charge on any atom is 0.322 e. The van der Waals surface area contributed by atoms with Crippen molar-refractivity contribution < 1.29 is 28.5 Å². The number of carbonyl (C=O) groups excluding carboxylic acids is 1. The number of methoxy groups -OCH3 is 1. The van der Waals surface area contributed by atoms with Gasteiger partial charge in [-0.05, 0) is 70.4 Å². The van der Waals surface area contributed by atoms with Crippen LogP contribution in [0.4, 0.5) is 0 Å². The first-order valence-corrected chi connectivity index (χ1v) is 25.2. The van der Waals surface area contributed by atoms with Crippen LogP contribution in [-0.4, -0.2) is 55.8 Å². The van der Waals surface area contributed by atoms with Crippen molar-refractivity contribution in [2.45, 2.75) is 254 Å². The lowest BCUT2D eigenvalue weighted by molar-refractivity contribution is -0.223. The second-order valence-corrected chi connectivity index (χ2v) is 18.8. The molecule has 0 aromatic heterocycles. The van der Waals surface area contributed by atoms with Crippen LogP contribution in [0.5, 0.6) is 0 Å². The summed E-state index contributed by atoms with van der Waals surface area (Å²) in [6.07, 6.45) is 38.7. The number of cyclic esters (lactones) is 1. The summed E-state index contributed by atoms with van der Waals surface area (Å²) in [5, 5.41) is 0. The van der Waals surface area contributed by atoms with Gasteiger partial charge in [0.05, 0.1) is 12.2 Å². The first kappa shape index (κ1) is 50.8. The summed E-state index contributed by atoms with van der Waals surface area (Å²) in [6, 6.07) is 10.3. The van der Waals surface area contributed by atoms with E-state index in [4.69, 9.17) is 23.7 Å². The number of rotatable bonds is 36. The van der Waals surface area contributed by atoms with Crippen molar-refractivity contribution in [3.8, 4) is 11.8 Å². The molecule has 0 radical (unpaired) electrons. The lowest BCUT2D eigenvalue weighted by Crippen LogP contribution is -2.37. The van der Waals surface area contributed by atoms with Crippen LogP contribution in [0.1, 0.15) is 219 Å². The molecule has 3 rings (SSSR count). The normalized spacial score (nSPS) is 20.4. The van der Waals surface area contributed by atoms with Crippen LogP contribution >= 0.6 is 11.8 Å². The first-order valence-electron chi connectivity index (χ1n) is 24.3. The number of hydrogen-bond donors (Lipinski definition) is 0. The lowest BCUT2D eigenvalue weighted by atomic mass is 9.96. The van der Waals surface area contributed by atoms with Crippen LogP contribution in [0.25, 0.3) is 0 Å². The van der Waals surface area contributed by atoms with E-state index in [1.807, 2.05) is 25.1 Å². The standard InChI is InChI=1S/C51H86O6S/c1-4-5-6-7-8-9-10-16-19-22-25-31-38-47(55-44-53-3)48(57-49-40-33-35-42-54-49)39-32-26-23-20-17-14-12-11-13-15-18-21-24-27-34-41-51(43-45(2)56-50(51)52)58-46-36-29-28-30-37-46/h28-30,36-37,45,47-49H,4-10,13-27,31-35,38-44H2,1-3H3/t45-,47+,48+,49?,51+/m0/s1. The van der Waals surface area contributed by atoms with Gasteiger partial charge in [-0.2, -0.15) is 0 Å². The molecule has 58 heavy (non-hydrogen) atoms. The summed E-state index contributed by atoms with van der Waals surface area (Å²) >= 11 is 1.71. The Morgan fingerprint density at radius 2 is 1.28 bits per heavy atom. The molecule has 7 heteroatoms. The third-order valence-electron chi connectivity index (χ3n) is 12.0. The van der Waals surface area contributed by atoms with Gasteiger partial charge >= 0.3 is 5.97 Å². The molecule has 0 bridgehead atoms. The van der Waals surface area contributed by atoms with E-state index >= 15 is 0 Å². The molecule has 2 aliphatic rings. The molecule has 0 aliphatic carbocycles. The molecule has 0 N–H and O–H groups in total. The molecule has 5 atom stereocenters. The fourth-order valence-corrected chi connectivity index (χ4v) is 10.0. The largest absolute Gasteiger partial charge is 0.462 e. The minimum atomic E-state index is -0.424. The number of unbranched alkanes of at least 4 members (excludes halogenated alkanes) is 22. The fourth-order valence-electron chi connectivity index (χ4n) is 8.60. The number of esters is 1. The minimum absolute atomic E-state index is 0.00873. The first-order chi connectivity index (χ1) is 28.6. The second kappa shape index (κ2) is 34.1. The Morgan fingerprint density at radius 1 is 0.724 bits per heavy atom. The summed E-state index contributed by atoms with van der Waals surface area (Å²) in [5.74, 6) is 6.85. The Bertz CT molecular complexity index is 1180. The van der Waals surface area contributed by atoms with Crippen molar-refractivity contribution in [3.05, 3.63) is 30.3 Å². The Kier molecular flexibility index (Phi) is 29.8. The van der Waals surface area contributed by atoms with Gasteiger partial charge in [0, 0.05) is 37.9 Å². The summed E-state index contributed by atoms with van der Waals surface area (Å²) in [5.41, 5.74) is 0. The van der Waals surface area contributed by atoms with E-state index in [0.717, 1.165) is 75.7 Å². The van der Waals surface area contributed by atoms with Crippen molar-refractivity contribution >= 4 is 17.7 Å². The summed E-state index contributed by atoms with van der Waals surface area (Å²) < 4.78 is 29.5. The van der Waals surface area contributed by atoms with Crippen molar-refractivity contribution in [2.24, 2.45) is 0 Å². The number of benzene rings is 1. The van der Waals surface area contributed by atoms with E-state index in [-0.39, 0.29) is 30.6 Å². The van der Waals surface area contributed by atoms with E-state index < -0.39 is 4.75 Å². The van der Waals surface area contributed by atoms with Gasteiger partial charge in [0.15, 0.2) is 6.29 Å². The number of ether oxygens (including phenoxy) is 5. The highest BCUT2D eigenvalue weighted by Crippen LogP contribution is 2.46. The van der Waals surface area contributed by atoms with E-state index in [1.54, 1.807) is 18.9 Å². The third kappa shape index (κ3) is 23.4. The monoisotopic (exact) mass is 827 g/mol. The molecule has 2 heterocycles. The van der Waals surface area contributed by atoms with Crippen molar-refractivity contribution in [1.29, 1.82) is 0 Å². The molecule has 1 aromatic carbocycles. The fraction of sp³-hybridized carbons (Fsp3) is 0.824. The van der Waals surface area contributed by atoms with Crippen LogP contribution in [0.3, 0.4) is 0 Å². The predicted molar refractivity (Wildman–Crippen MR) is 243 cm³/mol. The second-order valence-electron chi connectivity index (χ2n) is 17.4. The maximum absolute atomic E-state index is 12.8. The van der Waals surface area contributed by atoms with Crippen molar-refractivity contribution in [2.75, 3.05) is 20.5 Å². The Morgan fingerprint density at radius 3 is 1.81 bits per heavy atom. The maximum atomic E-state index is 12.8. The molecule has 2 saturated heterocycles. The van der Waals surface area contributed by atoms with Crippen LogP contribution in [0.15, 0.2) is 35.2 Å². The van der Waals surface area contributed by atoms with Gasteiger partial charge in [-0.25, -0.2) is 0 Å². The Hall–Kier alpha value is -1.56. The van der Waals surface area contributed by atoms with Crippen LogP contribution in [-0.2, 0) is 28.5 Å². The Balaban J connectivity index is 1.22.